The van der Waals surface area contributed by atoms with Crippen LogP contribution in [-0.4, -0.2) is 61.5 Å². The first-order valence-electron chi connectivity index (χ1n) is 8.86. The number of hydrogen-bond donors (Lipinski definition) is 1. The molecule has 4 saturated heterocycles. The largest absolute Gasteiger partial charge is 0.378 e. The van der Waals surface area contributed by atoms with Crippen molar-refractivity contribution in [2.45, 2.75) is 12.8 Å². The predicted octanol–water partition coefficient (Wildman–Crippen LogP) is 1.92. The van der Waals surface area contributed by atoms with Gasteiger partial charge in [0.1, 0.15) is 5.69 Å². The highest BCUT2D eigenvalue weighted by atomic mass is 16.6. The lowest BCUT2D eigenvalue weighted by Crippen LogP contribution is -2.48. The van der Waals surface area contributed by atoms with Crippen molar-refractivity contribution in [1.82, 2.24) is 4.90 Å². The maximum Gasteiger partial charge on any atom is 0.294 e. The molecule has 4 aliphatic rings. The van der Waals surface area contributed by atoms with Gasteiger partial charge in [-0.2, -0.15) is 5.10 Å². The van der Waals surface area contributed by atoms with Gasteiger partial charge in [-0.3, -0.25) is 20.4 Å². The minimum absolute atomic E-state index is 0.0580. The smallest absolute Gasteiger partial charge is 0.294 e. The van der Waals surface area contributed by atoms with Gasteiger partial charge in [0.15, 0.2) is 0 Å². The quantitative estimate of drug-likeness (QED) is 0.663. The topological polar surface area (TPSA) is 83.2 Å². The third kappa shape index (κ3) is 3.45. The second kappa shape index (κ2) is 6.97. The fraction of sp³-hybridized carbons (Fsp3) is 0.588. The number of nitro benzene ring substituents is 1. The van der Waals surface area contributed by atoms with E-state index in [0.717, 1.165) is 57.0 Å². The average molecular weight is 345 g/mol. The van der Waals surface area contributed by atoms with E-state index in [9.17, 15) is 10.1 Å². The first kappa shape index (κ1) is 16.3. The first-order valence-corrected chi connectivity index (χ1v) is 8.86. The molecule has 0 amide bonds. The standard InChI is InChI=1S/C17H23N5O3/c23-22(24)17-2-1-14(21-7-9-25-10-8-21)11-15(17)18-19-16-12-20-5-3-13(16)4-6-20/h1-2,11,13,18H,3-10,12H2. The number of hydrogen-bond acceptors (Lipinski definition) is 7. The van der Waals surface area contributed by atoms with Crippen molar-refractivity contribution in [3.8, 4) is 0 Å². The highest BCUT2D eigenvalue weighted by Gasteiger charge is 2.31. The zero-order valence-corrected chi connectivity index (χ0v) is 14.2. The van der Waals surface area contributed by atoms with Crippen LogP contribution < -0.4 is 10.3 Å². The van der Waals surface area contributed by atoms with E-state index >= 15 is 0 Å². The zero-order valence-electron chi connectivity index (χ0n) is 14.2. The number of nitro groups is 1. The lowest BCUT2D eigenvalue weighted by atomic mass is 9.87. The Morgan fingerprint density at radius 1 is 1.20 bits per heavy atom. The number of hydrazone groups is 1. The number of nitrogens with one attached hydrogen (secondary N) is 1. The number of ether oxygens (including phenoxy) is 1. The molecule has 25 heavy (non-hydrogen) atoms. The highest BCUT2D eigenvalue weighted by molar-refractivity contribution is 5.90. The fourth-order valence-corrected chi connectivity index (χ4v) is 3.83. The Morgan fingerprint density at radius 3 is 2.60 bits per heavy atom. The predicted molar refractivity (Wildman–Crippen MR) is 96.4 cm³/mol. The van der Waals surface area contributed by atoms with E-state index in [1.54, 1.807) is 12.1 Å². The van der Waals surface area contributed by atoms with Gasteiger partial charge in [-0.15, -0.1) is 0 Å². The molecule has 8 nitrogen and oxygen atoms in total. The molecule has 1 aromatic carbocycles. The Hall–Kier alpha value is -2.19. The molecule has 4 aliphatic heterocycles. The van der Waals surface area contributed by atoms with Crippen LogP contribution in [0.5, 0.6) is 0 Å². The molecule has 0 saturated carbocycles. The van der Waals surface area contributed by atoms with Crippen LogP contribution in [0.2, 0.25) is 0 Å². The first-order chi connectivity index (χ1) is 12.2. The molecule has 1 aromatic rings. The number of piperidine rings is 3. The van der Waals surface area contributed by atoms with E-state index in [4.69, 9.17) is 4.74 Å². The summed E-state index contributed by atoms with van der Waals surface area (Å²) in [5.74, 6) is 0.513. The summed E-state index contributed by atoms with van der Waals surface area (Å²) in [5, 5.41) is 15.9. The Labute approximate surface area is 146 Å². The molecular formula is C17H23N5O3. The molecule has 2 bridgehead atoms. The van der Waals surface area contributed by atoms with Crippen LogP contribution in [-0.2, 0) is 4.74 Å². The molecule has 4 fully saturated rings. The lowest BCUT2D eigenvalue weighted by Gasteiger charge is -2.39. The molecule has 0 atom stereocenters. The summed E-state index contributed by atoms with van der Waals surface area (Å²) in [5.41, 5.74) is 5.58. The van der Waals surface area contributed by atoms with Crippen LogP contribution >= 0.6 is 0 Å². The summed E-state index contributed by atoms with van der Waals surface area (Å²) in [6.07, 6.45) is 2.27. The summed E-state index contributed by atoms with van der Waals surface area (Å²) in [4.78, 5) is 15.6. The number of rotatable bonds is 4. The molecule has 5 rings (SSSR count). The van der Waals surface area contributed by atoms with Crippen LogP contribution in [0.15, 0.2) is 23.3 Å². The van der Waals surface area contributed by atoms with Crippen LogP contribution in [0.3, 0.4) is 0 Å². The van der Waals surface area contributed by atoms with Crippen molar-refractivity contribution in [3.63, 3.8) is 0 Å². The molecule has 0 unspecified atom stereocenters. The van der Waals surface area contributed by atoms with Crippen LogP contribution in [0.25, 0.3) is 0 Å². The van der Waals surface area contributed by atoms with Gasteiger partial charge in [-0.05, 0) is 38.1 Å². The third-order valence-electron chi connectivity index (χ3n) is 5.32. The van der Waals surface area contributed by atoms with Crippen molar-refractivity contribution in [2.24, 2.45) is 11.0 Å². The molecule has 0 aliphatic carbocycles. The Bertz CT molecular complexity index is 679. The fourth-order valence-electron chi connectivity index (χ4n) is 3.83. The minimum Gasteiger partial charge on any atom is -0.378 e. The molecule has 0 radical (unpaired) electrons. The highest BCUT2D eigenvalue weighted by Crippen LogP contribution is 2.31. The van der Waals surface area contributed by atoms with Crippen LogP contribution in [0, 0.1) is 16.0 Å². The number of fused-ring (bicyclic) bond motifs is 3. The Balaban J connectivity index is 1.57. The van der Waals surface area contributed by atoms with Gasteiger partial charge in [0.05, 0.1) is 23.8 Å². The van der Waals surface area contributed by atoms with E-state index in [0.29, 0.717) is 24.8 Å². The minimum atomic E-state index is -0.359. The average Bonchev–Trinajstić information content (AvgIpc) is 2.67. The molecule has 0 aromatic heterocycles. The van der Waals surface area contributed by atoms with Gasteiger partial charge in [-0.25, -0.2) is 0 Å². The summed E-state index contributed by atoms with van der Waals surface area (Å²) >= 11 is 0. The maximum atomic E-state index is 11.4. The second-order valence-corrected chi connectivity index (χ2v) is 6.82. The van der Waals surface area contributed by atoms with Crippen molar-refractivity contribution >= 4 is 22.8 Å². The number of nitrogens with zero attached hydrogens (tertiary/aromatic N) is 4. The summed E-state index contributed by atoms with van der Waals surface area (Å²) < 4.78 is 5.38. The third-order valence-corrected chi connectivity index (χ3v) is 5.32. The number of benzene rings is 1. The van der Waals surface area contributed by atoms with E-state index in [-0.39, 0.29) is 10.6 Å². The van der Waals surface area contributed by atoms with Crippen LogP contribution in [0.4, 0.5) is 17.1 Å². The van der Waals surface area contributed by atoms with E-state index in [2.05, 4.69) is 20.3 Å². The van der Waals surface area contributed by atoms with Crippen molar-refractivity contribution < 1.29 is 9.66 Å². The summed E-state index contributed by atoms with van der Waals surface area (Å²) in [6, 6.07) is 5.19. The van der Waals surface area contributed by atoms with Gasteiger partial charge in [-0.1, -0.05) is 0 Å². The molecular weight excluding hydrogens is 322 g/mol. The van der Waals surface area contributed by atoms with E-state index in [1.807, 2.05) is 6.07 Å². The summed E-state index contributed by atoms with van der Waals surface area (Å²) in [6.45, 7) is 6.09. The zero-order chi connectivity index (χ0) is 17.2. The molecule has 4 heterocycles. The lowest BCUT2D eigenvalue weighted by molar-refractivity contribution is -0.383. The van der Waals surface area contributed by atoms with Crippen molar-refractivity contribution in [3.05, 3.63) is 28.3 Å². The second-order valence-electron chi connectivity index (χ2n) is 6.82. The normalized spacial score (nSPS) is 27.5. The Morgan fingerprint density at radius 2 is 1.96 bits per heavy atom. The number of anilines is 2. The SMILES string of the molecule is O=[N+]([O-])c1ccc(N2CCOCC2)cc1NN=C1CN2CCC1CC2. The van der Waals surface area contributed by atoms with Gasteiger partial charge in [0.2, 0.25) is 0 Å². The van der Waals surface area contributed by atoms with Crippen LogP contribution in [0.1, 0.15) is 12.8 Å². The van der Waals surface area contributed by atoms with Crippen molar-refractivity contribution in [2.75, 3.05) is 56.3 Å². The summed E-state index contributed by atoms with van der Waals surface area (Å²) in [7, 11) is 0. The molecule has 1 N–H and O–H groups in total. The molecule has 134 valence electrons. The maximum absolute atomic E-state index is 11.4. The monoisotopic (exact) mass is 345 g/mol. The van der Waals surface area contributed by atoms with Crippen molar-refractivity contribution in [1.29, 1.82) is 0 Å². The van der Waals surface area contributed by atoms with E-state index < -0.39 is 0 Å². The molecule has 8 heteroatoms. The Kier molecular flexibility index (Phi) is 4.54. The number of morpholine rings is 1. The molecule has 0 spiro atoms. The van der Waals surface area contributed by atoms with E-state index in [1.165, 1.54) is 0 Å². The van der Waals surface area contributed by atoms with Gasteiger partial charge in [0, 0.05) is 37.3 Å². The van der Waals surface area contributed by atoms with Gasteiger partial charge < -0.3 is 9.64 Å². The van der Waals surface area contributed by atoms with Gasteiger partial charge >= 0.3 is 0 Å². The van der Waals surface area contributed by atoms with Gasteiger partial charge in [0.25, 0.3) is 5.69 Å².